The summed E-state index contributed by atoms with van der Waals surface area (Å²) in [6, 6.07) is 9.16. The van der Waals surface area contributed by atoms with Crippen LogP contribution in [0.5, 0.6) is 0 Å². The standard InChI is InChI=1S/C21H24FN5O5S/c1-25(33(2,30)31)11-5-10-23-19(28)15-32-21(29)18-14-24-27(17-8-6-16(22)7-9-17)20(18)26-12-3-4-13-26/h3-4,6-9,12-14H,5,10-11,15H2,1-2H3,(H,23,28). The summed E-state index contributed by atoms with van der Waals surface area (Å²) in [5.74, 6) is -1.29. The summed E-state index contributed by atoms with van der Waals surface area (Å²) < 4.78 is 45.5. The second-order valence-corrected chi connectivity index (χ2v) is 9.31. The maximum absolute atomic E-state index is 13.3. The molecule has 1 aromatic carbocycles. The summed E-state index contributed by atoms with van der Waals surface area (Å²) in [5, 5.41) is 6.81. The number of hydrogen-bond donors (Lipinski definition) is 1. The molecular weight excluding hydrogens is 453 g/mol. The van der Waals surface area contributed by atoms with Gasteiger partial charge in [-0.25, -0.2) is 26.6 Å². The minimum atomic E-state index is -3.28. The van der Waals surface area contributed by atoms with E-state index in [1.807, 2.05) is 0 Å². The Kier molecular flexibility index (Phi) is 7.61. The van der Waals surface area contributed by atoms with E-state index in [4.69, 9.17) is 4.74 Å². The van der Waals surface area contributed by atoms with Gasteiger partial charge in [-0.15, -0.1) is 0 Å². The summed E-state index contributed by atoms with van der Waals surface area (Å²) in [5.41, 5.74) is 0.661. The molecule has 0 saturated carbocycles. The van der Waals surface area contributed by atoms with Gasteiger partial charge in [-0.05, 0) is 42.8 Å². The summed E-state index contributed by atoms with van der Waals surface area (Å²) in [6.45, 7) is -0.0251. The van der Waals surface area contributed by atoms with Crippen LogP contribution in [0.15, 0.2) is 55.0 Å². The molecule has 1 N–H and O–H groups in total. The second-order valence-electron chi connectivity index (χ2n) is 7.22. The highest BCUT2D eigenvalue weighted by atomic mass is 32.2. The summed E-state index contributed by atoms with van der Waals surface area (Å²) >= 11 is 0. The second kappa shape index (κ2) is 10.4. The molecule has 3 rings (SSSR count). The van der Waals surface area contributed by atoms with E-state index >= 15 is 0 Å². The molecule has 33 heavy (non-hydrogen) atoms. The van der Waals surface area contributed by atoms with Gasteiger partial charge < -0.3 is 14.6 Å². The summed E-state index contributed by atoms with van der Waals surface area (Å²) in [4.78, 5) is 24.7. The first-order valence-corrected chi connectivity index (χ1v) is 11.8. The van der Waals surface area contributed by atoms with Gasteiger partial charge in [-0.2, -0.15) is 5.10 Å². The number of ether oxygens (including phenoxy) is 1. The maximum Gasteiger partial charge on any atom is 0.344 e. The molecule has 0 bridgehead atoms. The molecular formula is C21H24FN5O5S. The number of carbonyl (C=O) groups is 2. The lowest BCUT2D eigenvalue weighted by Crippen LogP contribution is -2.33. The third kappa shape index (κ3) is 6.26. The average molecular weight is 478 g/mol. The zero-order chi connectivity index (χ0) is 24.0. The molecule has 0 radical (unpaired) electrons. The van der Waals surface area contributed by atoms with Gasteiger partial charge in [0.1, 0.15) is 11.4 Å². The van der Waals surface area contributed by atoms with Gasteiger partial charge in [0.2, 0.25) is 10.0 Å². The van der Waals surface area contributed by atoms with E-state index in [-0.39, 0.29) is 18.7 Å². The third-order valence-electron chi connectivity index (χ3n) is 4.76. The minimum absolute atomic E-state index is 0.123. The Morgan fingerprint density at radius 1 is 1.18 bits per heavy atom. The monoisotopic (exact) mass is 477 g/mol. The highest BCUT2D eigenvalue weighted by Gasteiger charge is 2.22. The third-order valence-corrected chi connectivity index (χ3v) is 6.07. The molecule has 0 aliphatic heterocycles. The van der Waals surface area contributed by atoms with Crippen LogP contribution in [0.2, 0.25) is 0 Å². The Balaban J connectivity index is 1.63. The molecule has 1 amide bonds. The zero-order valence-electron chi connectivity index (χ0n) is 18.1. The number of esters is 1. The highest BCUT2D eigenvalue weighted by Crippen LogP contribution is 2.21. The fraction of sp³-hybridized carbons (Fsp3) is 0.286. The topological polar surface area (TPSA) is 116 Å². The fourth-order valence-corrected chi connectivity index (χ4v) is 3.40. The van der Waals surface area contributed by atoms with E-state index in [0.717, 1.165) is 6.26 Å². The highest BCUT2D eigenvalue weighted by molar-refractivity contribution is 7.88. The van der Waals surface area contributed by atoms with Gasteiger partial charge in [-0.3, -0.25) is 4.79 Å². The van der Waals surface area contributed by atoms with E-state index < -0.39 is 34.3 Å². The molecule has 10 nitrogen and oxygen atoms in total. The molecule has 0 unspecified atom stereocenters. The van der Waals surface area contributed by atoms with Crippen LogP contribution >= 0.6 is 0 Å². The lowest BCUT2D eigenvalue weighted by Gasteiger charge is -2.14. The van der Waals surface area contributed by atoms with Crippen molar-refractivity contribution in [2.45, 2.75) is 6.42 Å². The number of carbonyl (C=O) groups excluding carboxylic acids is 2. The van der Waals surface area contributed by atoms with Crippen LogP contribution < -0.4 is 5.32 Å². The lowest BCUT2D eigenvalue weighted by molar-refractivity contribution is -0.124. The number of sulfonamides is 1. The van der Waals surface area contributed by atoms with Gasteiger partial charge in [0.15, 0.2) is 12.4 Å². The molecule has 0 atom stereocenters. The Bertz CT molecular complexity index is 1210. The molecule has 2 heterocycles. The number of rotatable bonds is 10. The molecule has 0 spiro atoms. The Hall–Kier alpha value is -3.51. The molecule has 0 aliphatic rings. The summed E-state index contributed by atoms with van der Waals surface area (Å²) in [6.07, 6.45) is 6.26. The van der Waals surface area contributed by atoms with Gasteiger partial charge in [-0.1, -0.05) is 0 Å². The average Bonchev–Trinajstić information content (AvgIpc) is 3.44. The number of nitrogens with zero attached hydrogens (tertiary/aromatic N) is 4. The maximum atomic E-state index is 13.3. The minimum Gasteiger partial charge on any atom is -0.452 e. The van der Waals surface area contributed by atoms with Crippen molar-refractivity contribution in [3.8, 4) is 11.5 Å². The first-order valence-electron chi connectivity index (χ1n) is 9.99. The largest absolute Gasteiger partial charge is 0.452 e. The van der Waals surface area contributed by atoms with Gasteiger partial charge >= 0.3 is 5.97 Å². The lowest BCUT2D eigenvalue weighted by atomic mass is 10.3. The van der Waals surface area contributed by atoms with Crippen molar-refractivity contribution in [1.82, 2.24) is 24.0 Å². The number of nitrogens with one attached hydrogen (secondary N) is 1. The predicted octanol–water partition coefficient (Wildman–Crippen LogP) is 1.36. The number of halogens is 1. The zero-order valence-corrected chi connectivity index (χ0v) is 19.0. The molecule has 2 aromatic heterocycles. The van der Waals surface area contributed by atoms with Crippen molar-refractivity contribution >= 4 is 21.9 Å². The van der Waals surface area contributed by atoms with Crippen LogP contribution in [0.4, 0.5) is 4.39 Å². The molecule has 12 heteroatoms. The smallest absolute Gasteiger partial charge is 0.344 e. The van der Waals surface area contributed by atoms with Crippen molar-refractivity contribution in [1.29, 1.82) is 0 Å². The van der Waals surface area contributed by atoms with Crippen molar-refractivity contribution in [2.75, 3.05) is 33.0 Å². The number of benzene rings is 1. The molecule has 3 aromatic rings. The van der Waals surface area contributed by atoms with Crippen molar-refractivity contribution in [2.24, 2.45) is 0 Å². The first-order chi connectivity index (χ1) is 15.7. The van der Waals surface area contributed by atoms with Crippen molar-refractivity contribution in [3.05, 3.63) is 66.4 Å². The Morgan fingerprint density at radius 2 is 1.85 bits per heavy atom. The SMILES string of the molecule is CN(CCCNC(=O)COC(=O)c1cnn(-c2ccc(F)cc2)c1-n1cccc1)S(C)(=O)=O. The molecule has 0 aliphatic carbocycles. The molecule has 176 valence electrons. The van der Waals surface area contributed by atoms with Gasteiger partial charge in [0, 0.05) is 32.5 Å². The molecule has 0 saturated heterocycles. The number of hydrogen-bond acceptors (Lipinski definition) is 6. The van der Waals surface area contributed by atoms with E-state index in [9.17, 15) is 22.4 Å². The first kappa shape index (κ1) is 24.1. The van der Waals surface area contributed by atoms with Crippen molar-refractivity contribution < 1.29 is 27.1 Å². The normalized spacial score (nSPS) is 11.5. The van der Waals surface area contributed by atoms with E-state index in [0.29, 0.717) is 17.9 Å². The number of aromatic nitrogens is 3. The van der Waals surface area contributed by atoms with E-state index in [1.165, 1.54) is 46.5 Å². The van der Waals surface area contributed by atoms with Crippen LogP contribution in [0.3, 0.4) is 0 Å². The van der Waals surface area contributed by atoms with Crippen LogP contribution in [-0.4, -0.2) is 71.9 Å². The number of amides is 1. The van der Waals surface area contributed by atoms with Crippen LogP contribution in [0, 0.1) is 5.82 Å². The van der Waals surface area contributed by atoms with Gasteiger partial charge in [0.25, 0.3) is 5.91 Å². The Labute approximate surface area is 190 Å². The van der Waals surface area contributed by atoms with Crippen LogP contribution in [0.25, 0.3) is 11.5 Å². The Morgan fingerprint density at radius 3 is 2.48 bits per heavy atom. The van der Waals surface area contributed by atoms with Crippen molar-refractivity contribution in [3.63, 3.8) is 0 Å². The predicted molar refractivity (Wildman–Crippen MR) is 118 cm³/mol. The van der Waals surface area contributed by atoms with Gasteiger partial charge in [0.05, 0.1) is 18.1 Å². The summed E-state index contributed by atoms with van der Waals surface area (Å²) in [7, 11) is -1.82. The quantitative estimate of drug-likeness (QED) is 0.348. The molecule has 0 fully saturated rings. The fourth-order valence-electron chi connectivity index (χ4n) is 2.94. The van der Waals surface area contributed by atoms with Crippen LogP contribution in [-0.2, 0) is 19.6 Å². The van der Waals surface area contributed by atoms with Crippen LogP contribution in [0.1, 0.15) is 16.8 Å². The van der Waals surface area contributed by atoms with E-state index in [2.05, 4.69) is 10.4 Å². The van der Waals surface area contributed by atoms with E-state index in [1.54, 1.807) is 29.1 Å².